The largest absolute Gasteiger partial charge is 0.370 e. The SMILES string of the molecule is CCN(CCNC(=O)c1cc(NC(C)=O)cc(NC(C)=O)c1)c1ccccc1C. The number of rotatable bonds is 8. The molecule has 0 radical (unpaired) electrons. The van der Waals surface area contributed by atoms with Crippen molar-refractivity contribution in [2.45, 2.75) is 27.7 Å². The fourth-order valence-electron chi connectivity index (χ4n) is 3.08. The van der Waals surface area contributed by atoms with Gasteiger partial charge in [-0.3, -0.25) is 14.4 Å². The third-order valence-corrected chi connectivity index (χ3v) is 4.34. The third kappa shape index (κ3) is 6.64. The topological polar surface area (TPSA) is 90.5 Å². The Morgan fingerprint density at radius 2 is 1.52 bits per heavy atom. The molecular weight excluding hydrogens is 368 g/mol. The molecule has 0 saturated carbocycles. The molecule has 0 spiro atoms. The number of amides is 3. The maximum Gasteiger partial charge on any atom is 0.251 e. The highest BCUT2D eigenvalue weighted by atomic mass is 16.2. The molecule has 3 N–H and O–H groups in total. The summed E-state index contributed by atoms with van der Waals surface area (Å²) in [5, 5.41) is 8.20. The van der Waals surface area contributed by atoms with E-state index >= 15 is 0 Å². The van der Waals surface area contributed by atoms with Crippen molar-refractivity contribution in [2.75, 3.05) is 35.2 Å². The second-order valence-electron chi connectivity index (χ2n) is 6.78. The van der Waals surface area contributed by atoms with Crippen LogP contribution in [0.4, 0.5) is 17.1 Å². The van der Waals surface area contributed by atoms with Gasteiger partial charge in [-0.05, 0) is 43.7 Å². The number of carbonyl (C=O) groups is 3. The van der Waals surface area contributed by atoms with Crippen LogP contribution in [0, 0.1) is 6.92 Å². The fourth-order valence-corrected chi connectivity index (χ4v) is 3.08. The van der Waals surface area contributed by atoms with Crippen LogP contribution < -0.4 is 20.9 Å². The highest BCUT2D eigenvalue weighted by molar-refractivity contribution is 5.99. The summed E-state index contributed by atoms with van der Waals surface area (Å²) in [5.74, 6) is -0.786. The van der Waals surface area contributed by atoms with Gasteiger partial charge in [0.2, 0.25) is 11.8 Å². The lowest BCUT2D eigenvalue weighted by atomic mass is 10.1. The van der Waals surface area contributed by atoms with E-state index in [4.69, 9.17) is 0 Å². The van der Waals surface area contributed by atoms with Crippen LogP contribution in [0.1, 0.15) is 36.7 Å². The van der Waals surface area contributed by atoms with Gasteiger partial charge < -0.3 is 20.9 Å². The smallest absolute Gasteiger partial charge is 0.251 e. The maximum absolute atomic E-state index is 12.6. The van der Waals surface area contributed by atoms with Crippen LogP contribution in [-0.4, -0.2) is 37.4 Å². The number of aryl methyl sites for hydroxylation is 1. The average Bonchev–Trinajstić information content (AvgIpc) is 2.64. The molecule has 2 aromatic rings. The molecule has 0 heterocycles. The predicted molar refractivity (Wildman–Crippen MR) is 116 cm³/mol. The lowest BCUT2D eigenvalue weighted by Gasteiger charge is -2.25. The first-order valence-corrected chi connectivity index (χ1v) is 9.59. The van der Waals surface area contributed by atoms with E-state index < -0.39 is 0 Å². The number of nitrogens with zero attached hydrogens (tertiary/aromatic N) is 1. The van der Waals surface area contributed by atoms with Gasteiger partial charge in [0.05, 0.1) is 0 Å². The standard InChI is InChI=1S/C22H28N4O3/c1-5-26(21-9-7-6-8-15(21)2)11-10-23-22(29)18-12-19(24-16(3)27)14-20(13-18)25-17(4)28/h6-9,12-14H,5,10-11H2,1-4H3,(H,23,29)(H,24,27)(H,25,28). The Hall–Kier alpha value is -3.35. The van der Waals surface area contributed by atoms with Crippen molar-refractivity contribution in [3.8, 4) is 0 Å². The molecule has 0 aliphatic carbocycles. The molecule has 29 heavy (non-hydrogen) atoms. The number of para-hydroxylation sites is 1. The molecule has 0 bridgehead atoms. The quantitative estimate of drug-likeness (QED) is 0.639. The van der Waals surface area contributed by atoms with Crippen LogP contribution in [0.2, 0.25) is 0 Å². The first-order chi connectivity index (χ1) is 13.8. The Labute approximate surface area is 171 Å². The molecule has 7 nitrogen and oxygen atoms in total. The van der Waals surface area contributed by atoms with Gasteiger partial charge in [0.25, 0.3) is 5.91 Å². The summed E-state index contributed by atoms with van der Waals surface area (Å²) in [6, 6.07) is 12.9. The van der Waals surface area contributed by atoms with Gasteiger partial charge in [-0.15, -0.1) is 0 Å². The minimum atomic E-state index is -0.273. The second kappa shape index (κ2) is 10.3. The molecule has 0 saturated heterocycles. The number of hydrogen-bond donors (Lipinski definition) is 3. The molecule has 7 heteroatoms. The molecule has 0 aliphatic heterocycles. The van der Waals surface area contributed by atoms with Gasteiger partial charge in [0, 0.05) is 56.1 Å². The van der Waals surface area contributed by atoms with Crippen molar-refractivity contribution in [3.05, 3.63) is 53.6 Å². The normalized spacial score (nSPS) is 10.2. The van der Waals surface area contributed by atoms with Gasteiger partial charge >= 0.3 is 0 Å². The summed E-state index contributed by atoms with van der Waals surface area (Å²) in [4.78, 5) is 37.6. The van der Waals surface area contributed by atoms with Gasteiger partial charge in [0.15, 0.2) is 0 Å². The zero-order valence-electron chi connectivity index (χ0n) is 17.3. The van der Waals surface area contributed by atoms with E-state index in [1.807, 2.05) is 12.1 Å². The zero-order valence-corrected chi connectivity index (χ0v) is 17.3. The second-order valence-corrected chi connectivity index (χ2v) is 6.78. The number of carbonyl (C=O) groups excluding carboxylic acids is 3. The molecule has 0 atom stereocenters. The number of benzene rings is 2. The van der Waals surface area contributed by atoms with E-state index in [-0.39, 0.29) is 17.7 Å². The molecule has 2 aromatic carbocycles. The van der Waals surface area contributed by atoms with E-state index in [0.29, 0.717) is 30.0 Å². The molecule has 0 aromatic heterocycles. The summed E-state index contributed by atoms with van der Waals surface area (Å²) in [6.07, 6.45) is 0. The third-order valence-electron chi connectivity index (χ3n) is 4.34. The summed E-state index contributed by atoms with van der Waals surface area (Å²) in [6.45, 7) is 8.85. The Morgan fingerprint density at radius 3 is 2.03 bits per heavy atom. The first kappa shape index (κ1) is 21.9. The van der Waals surface area contributed by atoms with Crippen molar-refractivity contribution >= 4 is 34.8 Å². The van der Waals surface area contributed by atoms with Crippen LogP contribution in [-0.2, 0) is 9.59 Å². The molecule has 3 amide bonds. The van der Waals surface area contributed by atoms with Crippen molar-refractivity contribution in [3.63, 3.8) is 0 Å². The van der Waals surface area contributed by atoms with Gasteiger partial charge in [0.1, 0.15) is 0 Å². The van der Waals surface area contributed by atoms with Gasteiger partial charge in [-0.1, -0.05) is 18.2 Å². The Kier molecular flexibility index (Phi) is 7.77. The van der Waals surface area contributed by atoms with Crippen molar-refractivity contribution in [1.82, 2.24) is 5.32 Å². The van der Waals surface area contributed by atoms with Crippen LogP contribution in [0.3, 0.4) is 0 Å². The summed E-state index contributed by atoms with van der Waals surface area (Å²) in [5.41, 5.74) is 3.58. The van der Waals surface area contributed by atoms with E-state index in [2.05, 4.69) is 46.8 Å². The van der Waals surface area contributed by atoms with Gasteiger partial charge in [-0.2, -0.15) is 0 Å². The van der Waals surface area contributed by atoms with Crippen molar-refractivity contribution in [1.29, 1.82) is 0 Å². The fraction of sp³-hybridized carbons (Fsp3) is 0.318. The highest BCUT2D eigenvalue weighted by Crippen LogP contribution is 2.20. The minimum Gasteiger partial charge on any atom is -0.370 e. The number of hydrogen-bond acceptors (Lipinski definition) is 4. The van der Waals surface area contributed by atoms with Crippen molar-refractivity contribution in [2.24, 2.45) is 0 Å². The number of likely N-dealkylation sites (N-methyl/N-ethyl adjacent to an activating group) is 1. The first-order valence-electron chi connectivity index (χ1n) is 9.59. The van der Waals surface area contributed by atoms with E-state index in [9.17, 15) is 14.4 Å². The van der Waals surface area contributed by atoms with Crippen LogP contribution in [0.25, 0.3) is 0 Å². The lowest BCUT2D eigenvalue weighted by molar-refractivity contribution is -0.115. The average molecular weight is 396 g/mol. The van der Waals surface area contributed by atoms with E-state index in [0.717, 1.165) is 12.2 Å². The monoisotopic (exact) mass is 396 g/mol. The Morgan fingerprint density at radius 1 is 0.931 bits per heavy atom. The zero-order chi connectivity index (χ0) is 21.4. The molecule has 0 unspecified atom stereocenters. The number of nitrogens with one attached hydrogen (secondary N) is 3. The maximum atomic E-state index is 12.6. The molecule has 154 valence electrons. The molecular formula is C22H28N4O3. The van der Waals surface area contributed by atoms with Crippen LogP contribution in [0.15, 0.2) is 42.5 Å². The van der Waals surface area contributed by atoms with E-state index in [1.54, 1.807) is 18.2 Å². The summed E-state index contributed by atoms with van der Waals surface area (Å²) in [7, 11) is 0. The minimum absolute atomic E-state index is 0.256. The van der Waals surface area contributed by atoms with Gasteiger partial charge in [-0.25, -0.2) is 0 Å². The Bertz CT molecular complexity index is 861. The van der Waals surface area contributed by atoms with Crippen molar-refractivity contribution < 1.29 is 14.4 Å². The molecule has 0 aliphatic rings. The molecule has 0 fully saturated rings. The number of anilines is 3. The van der Waals surface area contributed by atoms with E-state index in [1.165, 1.54) is 19.4 Å². The Balaban J connectivity index is 2.08. The predicted octanol–water partition coefficient (Wildman–Crippen LogP) is 3.17. The van der Waals surface area contributed by atoms with Crippen LogP contribution >= 0.6 is 0 Å². The molecule has 2 rings (SSSR count). The van der Waals surface area contributed by atoms with Crippen LogP contribution in [0.5, 0.6) is 0 Å². The summed E-state index contributed by atoms with van der Waals surface area (Å²) < 4.78 is 0. The summed E-state index contributed by atoms with van der Waals surface area (Å²) >= 11 is 0. The highest BCUT2D eigenvalue weighted by Gasteiger charge is 2.12. The lowest BCUT2D eigenvalue weighted by Crippen LogP contribution is -2.35.